The number of fused-ring (bicyclic) bond motifs is 2. The third-order valence-corrected chi connectivity index (χ3v) is 7.82. The number of unbranched alkanes of at least 4 members (excludes halogenated alkanes) is 2. The van der Waals surface area contributed by atoms with Crippen LogP contribution in [0.15, 0.2) is 72.5 Å². The minimum absolute atomic E-state index is 0.0480. The number of allylic oxidation sites excluding steroid dienone is 4. The van der Waals surface area contributed by atoms with Crippen molar-refractivity contribution in [2.75, 3.05) is 18.0 Å². The lowest BCUT2D eigenvalue weighted by Gasteiger charge is -2.27. The number of carboxylic acid groups (broad SMARTS) is 1. The summed E-state index contributed by atoms with van der Waals surface area (Å²) in [6.45, 7) is 13.4. The second kappa shape index (κ2) is 10.5. The molecule has 2 aliphatic rings. The van der Waals surface area contributed by atoms with Crippen LogP contribution >= 0.6 is 0 Å². The van der Waals surface area contributed by atoms with Gasteiger partial charge in [0.15, 0.2) is 5.71 Å². The van der Waals surface area contributed by atoms with E-state index < -0.39 is 5.97 Å². The highest BCUT2D eigenvalue weighted by Gasteiger charge is 2.44. The van der Waals surface area contributed by atoms with Gasteiger partial charge in [0, 0.05) is 53.4 Å². The van der Waals surface area contributed by atoms with Crippen molar-refractivity contribution >= 4 is 23.1 Å². The number of carbonyl (C=O) groups is 1. The number of para-hydroxylation sites is 2. The molecule has 0 saturated carbocycles. The van der Waals surface area contributed by atoms with E-state index in [-0.39, 0.29) is 17.3 Å². The quantitative estimate of drug-likeness (QED) is 0.306. The molecule has 190 valence electrons. The fourth-order valence-corrected chi connectivity index (χ4v) is 5.93. The van der Waals surface area contributed by atoms with Gasteiger partial charge < -0.3 is 14.8 Å². The first-order chi connectivity index (χ1) is 17.2. The molecular weight excluding hydrogens is 444 g/mol. The number of hydrogen-bond donors (Lipinski definition) is 0. The van der Waals surface area contributed by atoms with Gasteiger partial charge in [-0.25, -0.2) is 0 Å². The van der Waals surface area contributed by atoms with Gasteiger partial charge in [-0.1, -0.05) is 69.7 Å². The molecule has 4 rings (SSSR count). The topological polar surface area (TPSA) is 46.4 Å². The van der Waals surface area contributed by atoms with Crippen molar-refractivity contribution in [2.45, 2.75) is 77.6 Å². The molecule has 0 bridgehead atoms. The Bertz CT molecular complexity index is 1220. The van der Waals surface area contributed by atoms with Gasteiger partial charge in [0.25, 0.3) is 0 Å². The number of hydrogen-bond acceptors (Lipinski definition) is 3. The van der Waals surface area contributed by atoms with Crippen LogP contribution in [-0.2, 0) is 15.6 Å². The molecule has 2 aliphatic heterocycles. The van der Waals surface area contributed by atoms with Crippen molar-refractivity contribution in [1.82, 2.24) is 0 Å². The average Bonchev–Trinajstić information content (AvgIpc) is 3.19. The molecule has 0 amide bonds. The molecule has 0 aliphatic carbocycles. The summed E-state index contributed by atoms with van der Waals surface area (Å²) in [5.74, 6) is -0.958. The first kappa shape index (κ1) is 25.9. The van der Waals surface area contributed by atoms with Crippen molar-refractivity contribution in [2.24, 2.45) is 0 Å². The lowest BCUT2D eigenvalue weighted by atomic mass is 9.81. The smallest absolute Gasteiger partial charge is 0.209 e. The highest BCUT2D eigenvalue weighted by molar-refractivity contribution is 6.03. The maximum atomic E-state index is 10.8. The second-order valence-electron chi connectivity index (χ2n) is 11.1. The van der Waals surface area contributed by atoms with Gasteiger partial charge in [0.2, 0.25) is 5.69 Å². The number of rotatable bonds is 10. The van der Waals surface area contributed by atoms with Gasteiger partial charge in [-0.3, -0.25) is 0 Å². The molecule has 2 aromatic rings. The predicted molar refractivity (Wildman–Crippen MR) is 147 cm³/mol. The van der Waals surface area contributed by atoms with Crippen LogP contribution in [0, 0.1) is 0 Å². The maximum Gasteiger partial charge on any atom is 0.209 e. The molecule has 2 aromatic carbocycles. The van der Waals surface area contributed by atoms with Gasteiger partial charge >= 0.3 is 0 Å². The Balaban J connectivity index is 1.64. The molecule has 0 fully saturated rings. The third kappa shape index (κ3) is 4.78. The lowest BCUT2D eigenvalue weighted by Crippen LogP contribution is -2.28. The number of carbonyl (C=O) groups excluding carboxylic acids is 1. The molecule has 2 heterocycles. The van der Waals surface area contributed by atoms with E-state index in [1.165, 1.54) is 33.9 Å². The SMILES string of the molecule is CCC[N+]1=C(/C=C/C=C2\N(CCCCCC(=O)[O-])c3ccccc3C2(C)C)C(C)(C)c2ccccc21. The summed E-state index contributed by atoms with van der Waals surface area (Å²) >= 11 is 0. The Morgan fingerprint density at radius 3 is 2.36 bits per heavy atom. The number of benzene rings is 2. The first-order valence-corrected chi connectivity index (χ1v) is 13.4. The Kier molecular flexibility index (Phi) is 7.54. The van der Waals surface area contributed by atoms with Crippen LogP contribution in [0.2, 0.25) is 0 Å². The highest BCUT2D eigenvalue weighted by Crippen LogP contribution is 2.47. The zero-order chi connectivity index (χ0) is 25.9. The van der Waals surface area contributed by atoms with Crippen LogP contribution in [0.25, 0.3) is 0 Å². The fourth-order valence-electron chi connectivity index (χ4n) is 5.93. The second-order valence-corrected chi connectivity index (χ2v) is 11.1. The van der Waals surface area contributed by atoms with Gasteiger partial charge in [0.1, 0.15) is 6.54 Å². The lowest BCUT2D eigenvalue weighted by molar-refractivity contribution is -0.437. The van der Waals surface area contributed by atoms with E-state index in [4.69, 9.17) is 0 Å². The molecule has 0 radical (unpaired) electrons. The molecule has 36 heavy (non-hydrogen) atoms. The van der Waals surface area contributed by atoms with E-state index in [0.29, 0.717) is 6.42 Å². The Hall–Kier alpha value is -3.14. The van der Waals surface area contributed by atoms with E-state index >= 15 is 0 Å². The van der Waals surface area contributed by atoms with Gasteiger partial charge in [-0.15, -0.1) is 0 Å². The summed E-state index contributed by atoms with van der Waals surface area (Å²) < 4.78 is 2.48. The number of anilines is 1. The van der Waals surface area contributed by atoms with Gasteiger partial charge in [-0.05, 0) is 50.8 Å². The molecule has 0 atom stereocenters. The molecule has 0 unspecified atom stereocenters. The summed E-state index contributed by atoms with van der Waals surface area (Å²) in [7, 11) is 0. The largest absolute Gasteiger partial charge is 0.550 e. The number of aliphatic carboxylic acids is 1. The van der Waals surface area contributed by atoms with Gasteiger partial charge in [0.05, 0.1) is 5.41 Å². The molecule has 0 spiro atoms. The number of carboxylic acids is 1. The Labute approximate surface area is 216 Å². The molecular formula is C32H40N2O2. The summed E-state index contributed by atoms with van der Waals surface area (Å²) in [5, 5.41) is 10.8. The van der Waals surface area contributed by atoms with E-state index in [9.17, 15) is 9.90 Å². The van der Waals surface area contributed by atoms with Crippen molar-refractivity contribution in [3.63, 3.8) is 0 Å². The van der Waals surface area contributed by atoms with Crippen molar-refractivity contribution < 1.29 is 14.5 Å². The summed E-state index contributed by atoms with van der Waals surface area (Å²) in [4.78, 5) is 13.2. The van der Waals surface area contributed by atoms with Crippen molar-refractivity contribution in [1.29, 1.82) is 0 Å². The normalized spacial score (nSPS) is 18.8. The van der Waals surface area contributed by atoms with Crippen LogP contribution in [-0.4, -0.2) is 29.3 Å². The fraction of sp³-hybridized carbons (Fsp3) is 0.438. The van der Waals surface area contributed by atoms with E-state index in [0.717, 1.165) is 32.4 Å². The maximum absolute atomic E-state index is 10.8. The number of nitrogens with zero attached hydrogens (tertiary/aromatic N) is 2. The molecule has 4 heteroatoms. The minimum atomic E-state index is -0.958. The zero-order valence-electron chi connectivity index (χ0n) is 22.5. The standard InChI is InChI=1S/C32H40N2O2/c1-6-22-33-26-17-11-9-15-24(26)31(2,3)28(33)19-14-20-29-32(4,5)25-16-10-12-18-27(25)34(29)23-13-7-8-21-30(35)36/h9-12,14-20H,6-8,13,21-23H2,1-5H3. The Morgan fingerprint density at radius 2 is 1.64 bits per heavy atom. The third-order valence-electron chi connectivity index (χ3n) is 7.82. The Morgan fingerprint density at radius 1 is 0.944 bits per heavy atom. The van der Waals surface area contributed by atoms with E-state index in [1.807, 2.05) is 0 Å². The monoisotopic (exact) mass is 484 g/mol. The van der Waals surface area contributed by atoms with Crippen LogP contribution in [0.5, 0.6) is 0 Å². The summed E-state index contributed by atoms with van der Waals surface area (Å²) in [6, 6.07) is 17.4. The van der Waals surface area contributed by atoms with Gasteiger partial charge in [-0.2, -0.15) is 4.58 Å². The van der Waals surface area contributed by atoms with E-state index in [2.05, 4.69) is 111 Å². The average molecular weight is 485 g/mol. The van der Waals surface area contributed by atoms with Crippen LogP contribution in [0.1, 0.15) is 77.8 Å². The highest BCUT2D eigenvalue weighted by atomic mass is 16.4. The summed E-state index contributed by atoms with van der Waals surface area (Å²) in [5.41, 5.74) is 7.78. The molecule has 0 aromatic heterocycles. The molecule has 0 saturated heterocycles. The van der Waals surface area contributed by atoms with Crippen LogP contribution in [0.4, 0.5) is 11.4 Å². The van der Waals surface area contributed by atoms with E-state index in [1.54, 1.807) is 0 Å². The van der Waals surface area contributed by atoms with Crippen molar-refractivity contribution in [3.8, 4) is 0 Å². The van der Waals surface area contributed by atoms with Crippen LogP contribution in [0.3, 0.4) is 0 Å². The first-order valence-electron chi connectivity index (χ1n) is 13.4. The molecule has 0 N–H and O–H groups in total. The van der Waals surface area contributed by atoms with Crippen LogP contribution < -0.4 is 10.0 Å². The predicted octanol–water partition coefficient (Wildman–Crippen LogP) is 6.02. The summed E-state index contributed by atoms with van der Waals surface area (Å²) in [6.07, 6.45) is 10.6. The molecule has 4 nitrogen and oxygen atoms in total. The minimum Gasteiger partial charge on any atom is -0.550 e. The zero-order valence-corrected chi connectivity index (χ0v) is 22.5. The van der Waals surface area contributed by atoms with Crippen molar-refractivity contribution in [3.05, 3.63) is 83.6 Å².